The van der Waals surface area contributed by atoms with Gasteiger partial charge in [-0.05, 0) is 12.0 Å². The van der Waals surface area contributed by atoms with Crippen molar-refractivity contribution in [1.29, 1.82) is 0 Å². The topological polar surface area (TPSA) is 25.8 Å². The quantitative estimate of drug-likeness (QED) is 0.668. The maximum atomic E-state index is 4.16. The summed E-state index contributed by atoms with van der Waals surface area (Å²) in [6.07, 6.45) is 11.8. The molecule has 0 aliphatic heterocycles. The maximum absolute atomic E-state index is 4.16. The fraction of sp³-hybridized carbons (Fsp3) is 0.429. The molecule has 16 heavy (non-hydrogen) atoms. The first-order valence-electron chi connectivity index (χ1n) is 6.02. The summed E-state index contributed by atoms with van der Waals surface area (Å²) in [6, 6.07) is 0. The molecule has 0 saturated carbocycles. The normalized spacial score (nSPS) is 15.9. The molecule has 1 heterocycles. The van der Waals surface area contributed by atoms with E-state index in [1.54, 1.807) is 6.33 Å². The summed E-state index contributed by atoms with van der Waals surface area (Å²) in [7, 11) is 0. The molecule has 88 valence electrons. The Morgan fingerprint density at radius 2 is 1.81 bits per heavy atom. The van der Waals surface area contributed by atoms with Crippen molar-refractivity contribution in [2.24, 2.45) is 5.92 Å². The van der Waals surface area contributed by atoms with Crippen molar-refractivity contribution < 1.29 is 0 Å². The lowest BCUT2D eigenvalue weighted by Gasteiger charge is -1.93. The van der Waals surface area contributed by atoms with Crippen LogP contribution in [0, 0.1) is 5.92 Å². The Morgan fingerprint density at radius 1 is 1.12 bits per heavy atom. The Kier molecular flexibility index (Phi) is 8.04. The average molecular weight is 218 g/mol. The van der Waals surface area contributed by atoms with Crippen LogP contribution in [0.15, 0.2) is 24.7 Å². The first-order chi connectivity index (χ1) is 7.86. The van der Waals surface area contributed by atoms with E-state index in [0.29, 0.717) is 5.92 Å². The zero-order valence-electron chi connectivity index (χ0n) is 10.9. The van der Waals surface area contributed by atoms with E-state index in [4.69, 9.17) is 0 Å². The summed E-state index contributed by atoms with van der Waals surface area (Å²) in [4.78, 5) is 8.15. The Balaban J connectivity index is 0.000000509. The third-order valence-corrected chi connectivity index (χ3v) is 1.88. The van der Waals surface area contributed by atoms with Crippen LogP contribution < -0.4 is 10.6 Å². The second-order valence-electron chi connectivity index (χ2n) is 2.94. The van der Waals surface area contributed by atoms with Gasteiger partial charge in [0.25, 0.3) is 0 Å². The molecule has 1 aliphatic rings. The molecule has 1 aromatic heterocycles. The van der Waals surface area contributed by atoms with Gasteiger partial charge in [0.2, 0.25) is 0 Å². The van der Waals surface area contributed by atoms with Crippen LogP contribution in [0.1, 0.15) is 34.6 Å². The van der Waals surface area contributed by atoms with E-state index in [-0.39, 0.29) is 0 Å². The molecule has 1 unspecified atom stereocenters. The third kappa shape index (κ3) is 4.39. The maximum Gasteiger partial charge on any atom is 0.116 e. The number of allylic oxidation sites excluding steroid dienone is 2. The number of hydrogen-bond donors (Lipinski definition) is 0. The van der Waals surface area contributed by atoms with Crippen LogP contribution in [-0.2, 0) is 0 Å². The number of rotatable bonds is 0. The van der Waals surface area contributed by atoms with Gasteiger partial charge in [-0.2, -0.15) is 0 Å². The van der Waals surface area contributed by atoms with Gasteiger partial charge < -0.3 is 0 Å². The molecule has 0 saturated heterocycles. The number of hydrogen-bond acceptors (Lipinski definition) is 2. The van der Waals surface area contributed by atoms with Crippen LogP contribution in [0.25, 0.3) is 12.2 Å². The van der Waals surface area contributed by atoms with Crippen molar-refractivity contribution in [3.8, 4) is 0 Å². The molecule has 0 spiro atoms. The lowest BCUT2D eigenvalue weighted by Crippen LogP contribution is -2.28. The largest absolute Gasteiger partial charge is 0.244 e. The van der Waals surface area contributed by atoms with E-state index in [9.17, 15) is 0 Å². The Hall–Kier alpha value is -1.44. The molecule has 2 nitrogen and oxygen atoms in total. The fourth-order valence-corrected chi connectivity index (χ4v) is 1.28. The van der Waals surface area contributed by atoms with Crippen molar-refractivity contribution in [1.82, 2.24) is 9.97 Å². The Labute approximate surface area is 98.5 Å². The Morgan fingerprint density at radius 3 is 2.50 bits per heavy atom. The van der Waals surface area contributed by atoms with E-state index < -0.39 is 0 Å². The van der Waals surface area contributed by atoms with Crippen LogP contribution in [0.2, 0.25) is 0 Å². The molecule has 0 N–H and O–H groups in total. The van der Waals surface area contributed by atoms with Crippen molar-refractivity contribution in [3.63, 3.8) is 0 Å². The summed E-state index contributed by atoms with van der Waals surface area (Å²) in [6.45, 7) is 10.1. The zero-order valence-corrected chi connectivity index (χ0v) is 10.9. The molecule has 0 aromatic carbocycles. The molecule has 1 atom stereocenters. The number of aromatic nitrogens is 2. The highest BCUT2D eigenvalue weighted by Gasteiger charge is 1.94. The molecule has 0 fully saturated rings. The molecule has 1 aliphatic carbocycles. The van der Waals surface area contributed by atoms with Crippen molar-refractivity contribution in [2.45, 2.75) is 34.6 Å². The van der Waals surface area contributed by atoms with E-state index >= 15 is 0 Å². The minimum absolute atomic E-state index is 0.466. The van der Waals surface area contributed by atoms with Crippen LogP contribution in [-0.4, -0.2) is 9.97 Å². The van der Waals surface area contributed by atoms with Gasteiger partial charge in [0.1, 0.15) is 6.33 Å². The lowest BCUT2D eigenvalue weighted by molar-refractivity contribution is 0.991. The number of nitrogens with zero attached hydrogens (tertiary/aromatic N) is 2. The third-order valence-electron chi connectivity index (χ3n) is 1.88. The monoisotopic (exact) mass is 218 g/mol. The second kappa shape index (κ2) is 8.84. The minimum Gasteiger partial charge on any atom is -0.244 e. The van der Waals surface area contributed by atoms with Gasteiger partial charge in [-0.1, -0.05) is 52.8 Å². The van der Waals surface area contributed by atoms with Crippen LogP contribution >= 0.6 is 0 Å². The van der Waals surface area contributed by atoms with E-state index in [2.05, 4.69) is 29.0 Å². The summed E-state index contributed by atoms with van der Waals surface area (Å²) in [5, 5.41) is 2.13. The molecule has 0 amide bonds. The van der Waals surface area contributed by atoms with Crippen molar-refractivity contribution >= 4 is 12.2 Å². The van der Waals surface area contributed by atoms with Gasteiger partial charge in [-0.3, -0.25) is 0 Å². The Bertz CT molecular complexity index is 419. The van der Waals surface area contributed by atoms with Gasteiger partial charge in [-0.15, -0.1) is 0 Å². The summed E-state index contributed by atoms with van der Waals surface area (Å²) < 4.78 is 0. The second-order valence-corrected chi connectivity index (χ2v) is 2.94. The van der Waals surface area contributed by atoms with E-state index in [1.165, 1.54) is 0 Å². The van der Waals surface area contributed by atoms with E-state index in [1.807, 2.05) is 46.0 Å². The minimum atomic E-state index is 0.466. The highest BCUT2D eigenvalue weighted by molar-refractivity contribution is 5.42. The SMILES string of the molecule is CC.CC.CC1C=CC=c2ncncc2=C1. The van der Waals surface area contributed by atoms with Gasteiger partial charge in [-0.25, -0.2) is 9.97 Å². The lowest BCUT2D eigenvalue weighted by atomic mass is 10.1. The van der Waals surface area contributed by atoms with Gasteiger partial charge in [0.15, 0.2) is 0 Å². The highest BCUT2D eigenvalue weighted by atomic mass is 14.8. The predicted molar refractivity (Wildman–Crippen MR) is 71.2 cm³/mol. The summed E-state index contributed by atoms with van der Waals surface area (Å²) in [5.74, 6) is 0.466. The zero-order chi connectivity index (χ0) is 12.4. The van der Waals surface area contributed by atoms with E-state index in [0.717, 1.165) is 10.6 Å². The van der Waals surface area contributed by atoms with Gasteiger partial charge in [0.05, 0.1) is 5.35 Å². The summed E-state index contributed by atoms with van der Waals surface area (Å²) >= 11 is 0. The highest BCUT2D eigenvalue weighted by Crippen LogP contribution is 1.99. The van der Waals surface area contributed by atoms with Gasteiger partial charge >= 0.3 is 0 Å². The van der Waals surface area contributed by atoms with Crippen LogP contribution in [0.4, 0.5) is 0 Å². The van der Waals surface area contributed by atoms with Crippen molar-refractivity contribution in [3.05, 3.63) is 35.2 Å². The average Bonchev–Trinajstić information content (AvgIpc) is 2.55. The fourth-order valence-electron chi connectivity index (χ4n) is 1.28. The molecular weight excluding hydrogens is 196 g/mol. The summed E-state index contributed by atoms with van der Waals surface area (Å²) in [5.41, 5.74) is 0. The molecule has 1 aromatic rings. The van der Waals surface area contributed by atoms with Crippen LogP contribution in [0.3, 0.4) is 0 Å². The van der Waals surface area contributed by atoms with Crippen LogP contribution in [0.5, 0.6) is 0 Å². The number of fused-ring (bicyclic) bond motifs is 1. The molecule has 2 rings (SSSR count). The molecule has 0 bridgehead atoms. The van der Waals surface area contributed by atoms with Gasteiger partial charge in [0, 0.05) is 11.4 Å². The molecule has 2 heteroatoms. The molecule has 0 radical (unpaired) electrons. The first kappa shape index (κ1) is 14.6. The molecular formula is C14H22N2. The first-order valence-corrected chi connectivity index (χ1v) is 6.02. The standard InChI is InChI=1S/C10H10N2.2C2H6/c1-8-3-2-4-10-9(5-8)6-11-7-12-10;2*1-2/h2-8H,1H3;2*1-2H3. The predicted octanol–water partition coefficient (Wildman–Crippen LogP) is 2.30. The smallest absolute Gasteiger partial charge is 0.116 e. The van der Waals surface area contributed by atoms with Crippen molar-refractivity contribution in [2.75, 3.05) is 0 Å².